The van der Waals surface area contributed by atoms with E-state index in [1.807, 2.05) is 19.1 Å². The highest BCUT2D eigenvalue weighted by Gasteiger charge is 2.15. The van der Waals surface area contributed by atoms with Crippen LogP contribution in [0.25, 0.3) is 6.08 Å². The summed E-state index contributed by atoms with van der Waals surface area (Å²) in [7, 11) is -2.66. The molecule has 7 nitrogen and oxygen atoms in total. The number of hydrogen-bond acceptors (Lipinski definition) is 6. The molecule has 26 heavy (non-hydrogen) atoms. The van der Waals surface area contributed by atoms with Crippen LogP contribution in [0.15, 0.2) is 47.4 Å². The molecule has 2 N–H and O–H groups in total. The SMILES string of the molecule is COC(=O)CNS(=O)(=O)c1ccc(NC(=O)/C=C/c2ccc(C)s2)cc1. The number of carbonyl (C=O) groups excluding carboxylic acids is 2. The van der Waals surface area contributed by atoms with Gasteiger partial charge in [-0.1, -0.05) is 0 Å². The summed E-state index contributed by atoms with van der Waals surface area (Å²) >= 11 is 1.58. The number of thiophene rings is 1. The smallest absolute Gasteiger partial charge is 0.320 e. The topological polar surface area (TPSA) is 102 Å². The van der Waals surface area contributed by atoms with Crippen LogP contribution in [0.2, 0.25) is 0 Å². The summed E-state index contributed by atoms with van der Waals surface area (Å²) in [6, 6.07) is 9.49. The highest BCUT2D eigenvalue weighted by Crippen LogP contribution is 2.17. The van der Waals surface area contributed by atoms with Crippen molar-refractivity contribution in [2.45, 2.75) is 11.8 Å². The van der Waals surface area contributed by atoms with Crippen LogP contribution in [0.3, 0.4) is 0 Å². The van der Waals surface area contributed by atoms with Crippen LogP contribution >= 0.6 is 11.3 Å². The number of carbonyl (C=O) groups is 2. The van der Waals surface area contributed by atoms with Gasteiger partial charge in [0, 0.05) is 21.5 Å². The lowest BCUT2D eigenvalue weighted by Crippen LogP contribution is -2.30. The first-order valence-corrected chi connectivity index (χ1v) is 9.82. The van der Waals surface area contributed by atoms with Crippen molar-refractivity contribution in [1.82, 2.24) is 4.72 Å². The zero-order valence-electron chi connectivity index (χ0n) is 14.2. The Labute approximate surface area is 155 Å². The van der Waals surface area contributed by atoms with Crippen LogP contribution < -0.4 is 10.0 Å². The molecule has 1 aromatic carbocycles. The molecule has 9 heteroatoms. The summed E-state index contributed by atoms with van der Waals surface area (Å²) in [6.45, 7) is 1.53. The highest BCUT2D eigenvalue weighted by atomic mass is 32.2. The lowest BCUT2D eigenvalue weighted by Gasteiger charge is -2.07. The average molecular weight is 394 g/mol. The van der Waals surface area contributed by atoms with Crippen molar-refractivity contribution in [3.8, 4) is 0 Å². The molecule has 0 fully saturated rings. The largest absolute Gasteiger partial charge is 0.468 e. The normalized spacial score (nSPS) is 11.5. The van der Waals surface area contributed by atoms with Crippen molar-refractivity contribution in [2.24, 2.45) is 0 Å². The third kappa shape index (κ3) is 5.80. The molecule has 1 amide bonds. The average Bonchev–Trinajstić information content (AvgIpc) is 3.04. The second kappa shape index (κ2) is 8.75. The van der Waals surface area contributed by atoms with E-state index in [0.29, 0.717) is 5.69 Å². The molecule has 2 rings (SSSR count). The molecule has 0 unspecified atom stereocenters. The van der Waals surface area contributed by atoms with E-state index in [1.165, 1.54) is 37.5 Å². The molecule has 1 aromatic heterocycles. The van der Waals surface area contributed by atoms with Crippen molar-refractivity contribution >= 4 is 45.0 Å². The first kappa shape index (κ1) is 19.8. The fourth-order valence-electron chi connectivity index (χ4n) is 1.91. The van der Waals surface area contributed by atoms with Crippen molar-refractivity contribution in [3.05, 3.63) is 52.2 Å². The summed E-state index contributed by atoms with van der Waals surface area (Å²) in [6.07, 6.45) is 3.12. The number of methoxy groups -OCH3 is 1. The summed E-state index contributed by atoms with van der Waals surface area (Å²) in [5.41, 5.74) is 0.453. The first-order valence-electron chi connectivity index (χ1n) is 7.52. The van der Waals surface area contributed by atoms with E-state index in [0.717, 1.165) is 9.75 Å². The van der Waals surface area contributed by atoms with Gasteiger partial charge in [0.25, 0.3) is 0 Å². The fourth-order valence-corrected chi connectivity index (χ4v) is 3.66. The van der Waals surface area contributed by atoms with Gasteiger partial charge in [-0.3, -0.25) is 9.59 Å². The number of benzene rings is 1. The fraction of sp³-hybridized carbons (Fsp3) is 0.176. The second-order valence-electron chi connectivity index (χ2n) is 5.20. The molecule has 0 bridgehead atoms. The Hall–Kier alpha value is -2.49. The minimum atomic E-state index is -3.83. The standard InChI is InChI=1S/C17H18N2O5S2/c1-12-3-6-14(25-12)7-10-16(20)19-13-4-8-15(9-5-13)26(22,23)18-11-17(21)24-2/h3-10,18H,11H2,1-2H3,(H,19,20)/b10-7+. The quantitative estimate of drug-likeness (QED) is 0.553. The van der Waals surface area contributed by atoms with Crippen molar-refractivity contribution < 1.29 is 22.7 Å². The van der Waals surface area contributed by atoms with Gasteiger partial charge in [-0.25, -0.2) is 8.42 Å². The molecule has 0 aliphatic carbocycles. The minimum Gasteiger partial charge on any atom is -0.468 e. The predicted octanol–water partition coefficient (Wildman–Crippen LogP) is 2.16. The number of nitrogens with one attached hydrogen (secondary N) is 2. The van der Waals surface area contributed by atoms with Gasteiger partial charge in [-0.15, -0.1) is 11.3 Å². The Morgan fingerprint density at radius 2 is 1.85 bits per heavy atom. The van der Waals surface area contributed by atoms with Gasteiger partial charge in [0.1, 0.15) is 6.54 Å². The lowest BCUT2D eigenvalue weighted by atomic mass is 10.3. The maximum absolute atomic E-state index is 12.0. The number of rotatable bonds is 7. The zero-order chi connectivity index (χ0) is 19.2. The second-order valence-corrected chi connectivity index (χ2v) is 8.28. The summed E-state index contributed by atoms with van der Waals surface area (Å²) in [5.74, 6) is -1.01. The number of aryl methyl sites for hydroxylation is 1. The van der Waals surface area contributed by atoms with Gasteiger partial charge in [-0.2, -0.15) is 4.72 Å². The van der Waals surface area contributed by atoms with Gasteiger partial charge >= 0.3 is 5.97 Å². The molecule has 0 spiro atoms. The summed E-state index contributed by atoms with van der Waals surface area (Å²) in [4.78, 5) is 25.0. The van der Waals surface area contributed by atoms with E-state index < -0.39 is 22.5 Å². The van der Waals surface area contributed by atoms with Gasteiger partial charge < -0.3 is 10.1 Å². The maximum atomic E-state index is 12.0. The van der Waals surface area contributed by atoms with Crippen LogP contribution in [-0.2, 0) is 24.3 Å². The van der Waals surface area contributed by atoms with Crippen molar-refractivity contribution in [2.75, 3.05) is 19.0 Å². The molecule has 0 atom stereocenters. The summed E-state index contributed by atoms with van der Waals surface area (Å²) < 4.78 is 30.6. The number of ether oxygens (including phenoxy) is 1. The van der Waals surface area contributed by atoms with Crippen molar-refractivity contribution in [1.29, 1.82) is 0 Å². The first-order chi connectivity index (χ1) is 12.3. The Balaban J connectivity index is 1.97. The van der Waals surface area contributed by atoms with Crippen LogP contribution in [0, 0.1) is 6.92 Å². The molecular formula is C17H18N2O5S2. The number of amides is 1. The predicted molar refractivity (Wildman–Crippen MR) is 100 cm³/mol. The Bertz CT molecular complexity index is 915. The van der Waals surface area contributed by atoms with E-state index in [-0.39, 0.29) is 10.8 Å². The lowest BCUT2D eigenvalue weighted by molar-refractivity contribution is -0.139. The Kier molecular flexibility index (Phi) is 6.67. The van der Waals surface area contributed by atoms with Crippen LogP contribution in [0.5, 0.6) is 0 Å². The van der Waals surface area contributed by atoms with E-state index in [9.17, 15) is 18.0 Å². The minimum absolute atomic E-state index is 0.0241. The molecule has 0 saturated heterocycles. The maximum Gasteiger partial charge on any atom is 0.320 e. The zero-order valence-corrected chi connectivity index (χ0v) is 15.8. The van der Waals surface area contributed by atoms with Gasteiger partial charge in [0.15, 0.2) is 0 Å². The molecule has 0 aliphatic rings. The molecule has 138 valence electrons. The molecule has 0 aliphatic heterocycles. The van der Waals surface area contributed by atoms with E-state index in [4.69, 9.17) is 0 Å². The van der Waals surface area contributed by atoms with Gasteiger partial charge in [0.05, 0.1) is 12.0 Å². The molecule has 0 radical (unpaired) electrons. The third-order valence-corrected chi connectivity index (χ3v) is 5.61. The number of hydrogen-bond donors (Lipinski definition) is 2. The van der Waals surface area contributed by atoms with E-state index in [1.54, 1.807) is 17.4 Å². The molecular weight excluding hydrogens is 376 g/mol. The molecule has 0 saturated carbocycles. The molecule has 2 aromatic rings. The molecule has 1 heterocycles. The van der Waals surface area contributed by atoms with Crippen LogP contribution in [0.4, 0.5) is 5.69 Å². The van der Waals surface area contributed by atoms with Gasteiger partial charge in [-0.05, 0) is 49.4 Å². The van der Waals surface area contributed by atoms with Crippen molar-refractivity contribution in [3.63, 3.8) is 0 Å². The van der Waals surface area contributed by atoms with Crippen LogP contribution in [-0.4, -0.2) is 33.9 Å². The number of sulfonamides is 1. The Morgan fingerprint density at radius 1 is 1.15 bits per heavy atom. The number of anilines is 1. The Morgan fingerprint density at radius 3 is 2.42 bits per heavy atom. The van der Waals surface area contributed by atoms with Gasteiger partial charge in [0.2, 0.25) is 15.9 Å². The number of esters is 1. The highest BCUT2D eigenvalue weighted by molar-refractivity contribution is 7.89. The van der Waals surface area contributed by atoms with Crippen LogP contribution in [0.1, 0.15) is 9.75 Å². The monoisotopic (exact) mass is 394 g/mol. The van der Waals surface area contributed by atoms with E-state index >= 15 is 0 Å². The third-order valence-electron chi connectivity index (χ3n) is 3.23. The summed E-state index contributed by atoms with van der Waals surface area (Å²) in [5, 5.41) is 2.65. The van der Waals surface area contributed by atoms with E-state index in [2.05, 4.69) is 14.8 Å².